The Morgan fingerprint density at radius 1 is 1.03 bits per heavy atom. The number of carbonyl (C=O) groups excluding carboxylic acids is 2. The van der Waals surface area contributed by atoms with Gasteiger partial charge in [0, 0.05) is 18.8 Å². The molecule has 0 saturated heterocycles. The predicted octanol–water partition coefficient (Wildman–Crippen LogP) is 2.92. The van der Waals surface area contributed by atoms with Crippen LogP contribution in [0.2, 0.25) is 0 Å². The summed E-state index contributed by atoms with van der Waals surface area (Å²) in [5.74, 6) is -0.499. The zero-order valence-corrected chi connectivity index (χ0v) is 19.4. The molecular weight excluding hydrogens is 436 g/mol. The molecular formula is C22H28N2O7S. The maximum absolute atomic E-state index is 13.0. The zero-order chi connectivity index (χ0) is 23.7. The molecule has 0 saturated carbocycles. The first kappa shape index (κ1) is 25.2. The van der Waals surface area contributed by atoms with Gasteiger partial charge in [-0.25, -0.2) is 13.2 Å². The number of rotatable bonds is 11. The van der Waals surface area contributed by atoms with Gasteiger partial charge < -0.3 is 19.5 Å². The maximum Gasteiger partial charge on any atom is 0.338 e. The molecule has 2 aromatic carbocycles. The van der Waals surface area contributed by atoms with Crippen LogP contribution in [0.3, 0.4) is 0 Å². The summed E-state index contributed by atoms with van der Waals surface area (Å²) < 4.78 is 42.2. The molecule has 0 aliphatic carbocycles. The second-order valence-electron chi connectivity index (χ2n) is 6.89. The van der Waals surface area contributed by atoms with Crippen LogP contribution < -0.4 is 14.8 Å². The average Bonchev–Trinajstić information content (AvgIpc) is 2.79. The molecule has 2 rings (SSSR count). The summed E-state index contributed by atoms with van der Waals surface area (Å²) in [4.78, 5) is 24.2. The molecule has 2 aromatic rings. The standard InChI is InChI=1S/C22H28N2O7S/c1-5-6-13-31-22(26)16-7-9-17(10-8-16)23-21(25)15-24(2)32(27,28)20-14-18(29-3)11-12-19(20)30-4/h7-12,14H,5-6,13,15H2,1-4H3,(H,23,25). The molecule has 174 valence electrons. The molecule has 0 fully saturated rings. The number of unbranched alkanes of at least 4 members (excludes halogenated alkanes) is 1. The molecule has 0 unspecified atom stereocenters. The van der Waals surface area contributed by atoms with Crippen molar-refractivity contribution < 1.29 is 32.2 Å². The third kappa shape index (κ3) is 6.44. The molecule has 9 nitrogen and oxygen atoms in total. The van der Waals surface area contributed by atoms with E-state index in [2.05, 4.69) is 5.32 Å². The van der Waals surface area contributed by atoms with Crippen molar-refractivity contribution in [2.45, 2.75) is 24.7 Å². The number of amides is 1. The van der Waals surface area contributed by atoms with E-state index >= 15 is 0 Å². The van der Waals surface area contributed by atoms with Crippen LogP contribution in [-0.4, -0.2) is 59.0 Å². The first-order chi connectivity index (χ1) is 15.2. The molecule has 0 aliphatic heterocycles. The molecule has 0 radical (unpaired) electrons. The Bertz CT molecular complexity index is 1040. The Balaban J connectivity index is 2.04. The number of methoxy groups -OCH3 is 2. The highest BCUT2D eigenvalue weighted by Gasteiger charge is 2.27. The van der Waals surface area contributed by atoms with Crippen LogP contribution in [0.4, 0.5) is 5.69 Å². The van der Waals surface area contributed by atoms with Gasteiger partial charge in [0.15, 0.2) is 0 Å². The van der Waals surface area contributed by atoms with Crippen LogP contribution in [0.25, 0.3) is 0 Å². The molecule has 0 bridgehead atoms. The van der Waals surface area contributed by atoms with E-state index in [-0.39, 0.29) is 10.6 Å². The number of benzene rings is 2. The molecule has 0 aromatic heterocycles. The number of ether oxygens (including phenoxy) is 3. The highest BCUT2D eigenvalue weighted by atomic mass is 32.2. The third-order valence-corrected chi connectivity index (χ3v) is 6.39. The van der Waals surface area contributed by atoms with Gasteiger partial charge in [-0.1, -0.05) is 13.3 Å². The Morgan fingerprint density at radius 2 is 1.72 bits per heavy atom. The second-order valence-corrected chi connectivity index (χ2v) is 8.91. The molecule has 0 atom stereocenters. The van der Waals surface area contributed by atoms with E-state index in [0.29, 0.717) is 23.6 Å². The van der Waals surface area contributed by atoms with E-state index in [0.717, 1.165) is 17.1 Å². The zero-order valence-electron chi connectivity index (χ0n) is 18.6. The van der Waals surface area contributed by atoms with Crippen molar-refractivity contribution >= 4 is 27.6 Å². The monoisotopic (exact) mass is 464 g/mol. The number of hydrogen-bond acceptors (Lipinski definition) is 7. The summed E-state index contributed by atoms with van der Waals surface area (Å²) in [7, 11) is 0.0505. The molecule has 1 N–H and O–H groups in total. The number of nitrogens with zero attached hydrogens (tertiary/aromatic N) is 1. The molecule has 0 aliphatic rings. The Kier molecular flexibility index (Phi) is 9.03. The van der Waals surface area contributed by atoms with Gasteiger partial charge in [-0.3, -0.25) is 4.79 Å². The lowest BCUT2D eigenvalue weighted by Crippen LogP contribution is -2.35. The summed E-state index contributed by atoms with van der Waals surface area (Å²) in [6.07, 6.45) is 1.71. The quantitative estimate of drug-likeness (QED) is 0.402. The fraction of sp³-hybridized carbons (Fsp3) is 0.364. The smallest absolute Gasteiger partial charge is 0.338 e. The fourth-order valence-corrected chi connectivity index (χ4v) is 4.02. The van der Waals surface area contributed by atoms with Gasteiger partial charge in [-0.2, -0.15) is 4.31 Å². The van der Waals surface area contributed by atoms with Crippen molar-refractivity contribution in [3.63, 3.8) is 0 Å². The highest BCUT2D eigenvalue weighted by molar-refractivity contribution is 7.89. The lowest BCUT2D eigenvalue weighted by molar-refractivity contribution is -0.116. The van der Waals surface area contributed by atoms with Crippen molar-refractivity contribution in [3.8, 4) is 11.5 Å². The number of esters is 1. The molecule has 10 heteroatoms. The second kappa shape index (κ2) is 11.5. The van der Waals surface area contributed by atoms with E-state index in [9.17, 15) is 18.0 Å². The van der Waals surface area contributed by atoms with Crippen molar-refractivity contribution in [1.82, 2.24) is 4.31 Å². The molecule has 0 spiro atoms. The largest absolute Gasteiger partial charge is 0.497 e. The topological polar surface area (TPSA) is 111 Å². The normalized spacial score (nSPS) is 11.2. The van der Waals surface area contributed by atoms with E-state index < -0.39 is 28.4 Å². The van der Waals surface area contributed by atoms with Crippen LogP contribution in [0.1, 0.15) is 30.1 Å². The third-order valence-electron chi connectivity index (χ3n) is 4.56. The van der Waals surface area contributed by atoms with Gasteiger partial charge >= 0.3 is 5.97 Å². The predicted molar refractivity (Wildman–Crippen MR) is 120 cm³/mol. The Labute approximate surface area is 188 Å². The number of hydrogen-bond donors (Lipinski definition) is 1. The van der Waals surface area contributed by atoms with E-state index in [1.165, 1.54) is 45.5 Å². The fourth-order valence-electron chi connectivity index (χ4n) is 2.72. The van der Waals surface area contributed by atoms with Gasteiger partial charge in [-0.05, 0) is 42.8 Å². The number of nitrogens with one attached hydrogen (secondary N) is 1. The van der Waals surface area contributed by atoms with E-state index in [1.54, 1.807) is 18.2 Å². The number of sulfonamides is 1. The van der Waals surface area contributed by atoms with Crippen molar-refractivity contribution in [3.05, 3.63) is 48.0 Å². The van der Waals surface area contributed by atoms with E-state index in [1.807, 2.05) is 6.92 Å². The minimum absolute atomic E-state index is 0.111. The van der Waals surface area contributed by atoms with Crippen LogP contribution >= 0.6 is 0 Å². The van der Waals surface area contributed by atoms with Crippen molar-refractivity contribution in [2.75, 3.05) is 39.7 Å². The minimum Gasteiger partial charge on any atom is -0.497 e. The van der Waals surface area contributed by atoms with Gasteiger partial charge in [0.2, 0.25) is 15.9 Å². The van der Waals surface area contributed by atoms with E-state index in [4.69, 9.17) is 14.2 Å². The van der Waals surface area contributed by atoms with Crippen LogP contribution in [0.5, 0.6) is 11.5 Å². The SMILES string of the molecule is CCCCOC(=O)c1ccc(NC(=O)CN(C)S(=O)(=O)c2cc(OC)ccc2OC)cc1. The van der Waals surface area contributed by atoms with Crippen molar-refractivity contribution in [2.24, 2.45) is 0 Å². The lowest BCUT2D eigenvalue weighted by atomic mass is 10.2. The molecule has 32 heavy (non-hydrogen) atoms. The van der Waals surface area contributed by atoms with Gasteiger partial charge in [0.05, 0.1) is 32.9 Å². The van der Waals surface area contributed by atoms with Gasteiger partial charge in [-0.15, -0.1) is 0 Å². The first-order valence-corrected chi connectivity index (χ1v) is 11.4. The summed E-state index contributed by atoms with van der Waals surface area (Å²) >= 11 is 0. The van der Waals surface area contributed by atoms with Gasteiger partial charge in [0.1, 0.15) is 16.4 Å². The van der Waals surface area contributed by atoms with Crippen LogP contribution in [0, 0.1) is 0 Å². The summed E-state index contributed by atoms with van der Waals surface area (Å²) in [6, 6.07) is 10.6. The van der Waals surface area contributed by atoms with Crippen molar-refractivity contribution in [1.29, 1.82) is 0 Å². The highest BCUT2D eigenvalue weighted by Crippen LogP contribution is 2.30. The first-order valence-electron chi connectivity index (χ1n) is 9.98. The molecule has 1 amide bonds. The Morgan fingerprint density at radius 3 is 2.31 bits per heavy atom. The van der Waals surface area contributed by atoms with Crippen LogP contribution in [-0.2, 0) is 19.6 Å². The van der Waals surface area contributed by atoms with Crippen LogP contribution in [0.15, 0.2) is 47.4 Å². The van der Waals surface area contributed by atoms with Gasteiger partial charge in [0.25, 0.3) is 0 Å². The summed E-state index contributed by atoms with van der Waals surface area (Å²) in [6.45, 7) is 1.93. The lowest BCUT2D eigenvalue weighted by Gasteiger charge is -2.19. The minimum atomic E-state index is -4.02. The molecule has 0 heterocycles. The number of likely N-dealkylation sites (N-methyl/N-ethyl adjacent to an activating group) is 1. The summed E-state index contributed by atoms with van der Waals surface area (Å²) in [5, 5.41) is 2.61. The number of anilines is 1. The maximum atomic E-state index is 13.0. The summed E-state index contributed by atoms with van der Waals surface area (Å²) in [5.41, 5.74) is 0.786. The number of carbonyl (C=O) groups is 2. The average molecular weight is 465 g/mol. The Hall–Kier alpha value is -3.11.